The van der Waals surface area contributed by atoms with Gasteiger partial charge >= 0.3 is 0 Å². The van der Waals surface area contributed by atoms with Gasteiger partial charge in [0.05, 0.1) is 19.4 Å². The largest absolute Gasteiger partial charge is 0.381 e. The molecule has 8 heteroatoms. The Labute approximate surface area is 166 Å². The molecule has 1 aliphatic heterocycles. The topological polar surface area (TPSA) is 94.5 Å². The van der Waals surface area contributed by atoms with Crippen LogP contribution in [0.5, 0.6) is 0 Å². The summed E-state index contributed by atoms with van der Waals surface area (Å²) in [6.45, 7) is 3.41. The van der Waals surface area contributed by atoms with Crippen molar-refractivity contribution in [3.8, 4) is 11.4 Å². The predicted molar refractivity (Wildman–Crippen MR) is 106 cm³/mol. The highest BCUT2D eigenvalue weighted by atomic mass is 16.5. The first-order chi connectivity index (χ1) is 14.2. The predicted octanol–water partition coefficient (Wildman–Crippen LogP) is 3.13. The van der Waals surface area contributed by atoms with Gasteiger partial charge < -0.3 is 14.6 Å². The zero-order valence-corrected chi connectivity index (χ0v) is 15.8. The van der Waals surface area contributed by atoms with E-state index in [-0.39, 0.29) is 5.91 Å². The van der Waals surface area contributed by atoms with Gasteiger partial charge in [-0.15, -0.1) is 0 Å². The van der Waals surface area contributed by atoms with E-state index in [4.69, 9.17) is 9.26 Å². The number of carbonyl (C=O) groups is 1. The molecule has 0 bridgehead atoms. The number of pyridine rings is 1. The van der Waals surface area contributed by atoms with Crippen LogP contribution < -0.4 is 5.32 Å². The Hall–Kier alpha value is -3.52. The quantitative estimate of drug-likeness (QED) is 0.564. The normalized spacial score (nSPS) is 14.1. The fraction of sp³-hybridized carbons (Fsp3) is 0.238. The Morgan fingerprint density at radius 2 is 2.17 bits per heavy atom. The number of hydrogen-bond acceptors (Lipinski definition) is 6. The lowest BCUT2D eigenvalue weighted by Gasteiger charge is -2.23. The summed E-state index contributed by atoms with van der Waals surface area (Å²) in [5.74, 6) is 1.32. The van der Waals surface area contributed by atoms with Crippen molar-refractivity contribution in [3.63, 3.8) is 0 Å². The Balaban J connectivity index is 1.38. The second-order valence-electron chi connectivity index (χ2n) is 7.18. The van der Waals surface area contributed by atoms with E-state index in [1.807, 2.05) is 49.5 Å². The molecule has 0 atom stereocenters. The summed E-state index contributed by atoms with van der Waals surface area (Å²) in [5.41, 5.74) is 3.60. The van der Waals surface area contributed by atoms with Gasteiger partial charge in [0.25, 0.3) is 5.91 Å². The van der Waals surface area contributed by atoms with Crippen LogP contribution in [0.25, 0.3) is 17.0 Å². The van der Waals surface area contributed by atoms with Gasteiger partial charge in [-0.25, -0.2) is 4.98 Å². The molecule has 0 aliphatic carbocycles. The number of ether oxygens (including phenoxy) is 1. The third-order valence-corrected chi connectivity index (χ3v) is 5.03. The molecule has 1 saturated heterocycles. The van der Waals surface area contributed by atoms with Gasteiger partial charge in [0.15, 0.2) is 0 Å². The average molecular weight is 389 g/mol. The van der Waals surface area contributed by atoms with Crippen LogP contribution in [0.3, 0.4) is 0 Å². The maximum absolute atomic E-state index is 12.8. The highest BCUT2D eigenvalue weighted by Gasteiger charge is 2.22. The number of aromatic nitrogens is 4. The number of amides is 1. The first kappa shape index (κ1) is 17.6. The number of imidazole rings is 1. The van der Waals surface area contributed by atoms with Crippen molar-refractivity contribution in [3.05, 3.63) is 65.9 Å². The summed E-state index contributed by atoms with van der Waals surface area (Å²) in [4.78, 5) is 21.6. The molecular weight excluding hydrogens is 370 g/mol. The van der Waals surface area contributed by atoms with Gasteiger partial charge in [-0.2, -0.15) is 4.98 Å². The zero-order valence-electron chi connectivity index (χ0n) is 15.8. The Morgan fingerprint density at radius 1 is 1.28 bits per heavy atom. The maximum atomic E-state index is 12.8. The van der Waals surface area contributed by atoms with Crippen LogP contribution >= 0.6 is 0 Å². The summed E-state index contributed by atoms with van der Waals surface area (Å²) in [6.07, 6.45) is 4.10. The molecule has 0 saturated carbocycles. The number of benzene rings is 1. The number of carbonyl (C=O) groups excluding carboxylic acids is 1. The van der Waals surface area contributed by atoms with E-state index in [0.29, 0.717) is 29.0 Å². The summed E-state index contributed by atoms with van der Waals surface area (Å²) >= 11 is 0. The Kier molecular flexibility index (Phi) is 4.33. The van der Waals surface area contributed by atoms with E-state index in [1.165, 1.54) is 0 Å². The number of nitrogens with zero attached hydrogens (tertiary/aromatic N) is 4. The zero-order chi connectivity index (χ0) is 19.8. The van der Waals surface area contributed by atoms with Crippen LogP contribution in [-0.4, -0.2) is 38.6 Å². The SMILES string of the molecule is Cc1ccc(-c2noc(CC3COC3)n2)cc1NC(=O)c1cnc2ccccn12. The molecule has 1 amide bonds. The number of aryl methyl sites for hydroxylation is 1. The van der Waals surface area contributed by atoms with Crippen molar-refractivity contribution in [1.29, 1.82) is 0 Å². The summed E-state index contributed by atoms with van der Waals surface area (Å²) in [5, 5.41) is 7.05. The second-order valence-corrected chi connectivity index (χ2v) is 7.18. The average Bonchev–Trinajstić information content (AvgIpc) is 3.33. The minimum atomic E-state index is -0.234. The van der Waals surface area contributed by atoms with Crippen molar-refractivity contribution in [2.75, 3.05) is 18.5 Å². The molecular formula is C21H19N5O3. The summed E-state index contributed by atoms with van der Waals surface area (Å²) in [6, 6.07) is 11.3. The van der Waals surface area contributed by atoms with Crippen LogP contribution in [-0.2, 0) is 11.2 Å². The molecule has 5 rings (SSSR count). The molecule has 1 N–H and O–H groups in total. The van der Waals surface area contributed by atoms with Crippen LogP contribution in [0.15, 0.2) is 53.3 Å². The lowest BCUT2D eigenvalue weighted by atomic mass is 10.0. The van der Waals surface area contributed by atoms with Crippen molar-refractivity contribution in [2.24, 2.45) is 5.92 Å². The van der Waals surface area contributed by atoms with Crippen LogP contribution in [0.4, 0.5) is 5.69 Å². The van der Waals surface area contributed by atoms with Gasteiger partial charge in [-0.1, -0.05) is 23.4 Å². The molecule has 146 valence electrons. The smallest absolute Gasteiger partial charge is 0.274 e. The highest BCUT2D eigenvalue weighted by Crippen LogP contribution is 2.25. The van der Waals surface area contributed by atoms with Gasteiger partial charge in [0.2, 0.25) is 11.7 Å². The molecule has 1 aromatic carbocycles. The fourth-order valence-corrected chi connectivity index (χ4v) is 3.29. The minimum absolute atomic E-state index is 0.234. The first-order valence-electron chi connectivity index (χ1n) is 9.42. The Bertz CT molecular complexity index is 1190. The van der Waals surface area contributed by atoms with E-state index in [1.54, 1.807) is 10.6 Å². The van der Waals surface area contributed by atoms with Crippen LogP contribution in [0.2, 0.25) is 0 Å². The third-order valence-electron chi connectivity index (χ3n) is 5.03. The molecule has 0 spiro atoms. The lowest BCUT2D eigenvalue weighted by Crippen LogP contribution is -2.29. The standard InChI is InChI=1S/C21H19N5O3/c1-13-5-6-15(20-24-19(29-25-20)8-14-11-28-12-14)9-16(13)23-21(27)17-10-22-18-4-2-3-7-26(17)18/h2-7,9-10,14H,8,11-12H2,1H3,(H,23,27). The molecule has 1 fully saturated rings. The first-order valence-corrected chi connectivity index (χ1v) is 9.42. The second kappa shape index (κ2) is 7.14. The molecule has 3 aromatic heterocycles. The Morgan fingerprint density at radius 3 is 3.00 bits per heavy atom. The highest BCUT2D eigenvalue weighted by molar-refractivity contribution is 6.04. The van der Waals surface area contributed by atoms with E-state index in [0.717, 1.165) is 36.4 Å². The minimum Gasteiger partial charge on any atom is -0.381 e. The van der Waals surface area contributed by atoms with Crippen molar-refractivity contribution >= 4 is 17.2 Å². The molecule has 0 unspecified atom stereocenters. The van der Waals surface area contributed by atoms with E-state index in [2.05, 4.69) is 20.4 Å². The summed E-state index contributed by atoms with van der Waals surface area (Å²) in [7, 11) is 0. The van der Waals surface area contributed by atoms with Gasteiger partial charge in [0, 0.05) is 29.8 Å². The molecule has 4 aromatic rings. The number of anilines is 1. The van der Waals surface area contributed by atoms with Crippen molar-refractivity contribution < 1.29 is 14.1 Å². The fourth-order valence-electron chi connectivity index (χ4n) is 3.29. The van der Waals surface area contributed by atoms with Gasteiger partial charge in [-0.05, 0) is 30.7 Å². The van der Waals surface area contributed by atoms with Crippen LogP contribution in [0, 0.1) is 12.8 Å². The lowest BCUT2D eigenvalue weighted by molar-refractivity contribution is -0.0342. The van der Waals surface area contributed by atoms with Gasteiger partial charge in [-0.3, -0.25) is 9.20 Å². The van der Waals surface area contributed by atoms with E-state index in [9.17, 15) is 4.79 Å². The monoisotopic (exact) mass is 389 g/mol. The van der Waals surface area contributed by atoms with E-state index < -0.39 is 0 Å². The number of hydrogen-bond donors (Lipinski definition) is 1. The number of nitrogens with one attached hydrogen (secondary N) is 1. The summed E-state index contributed by atoms with van der Waals surface area (Å²) < 4.78 is 12.3. The van der Waals surface area contributed by atoms with Gasteiger partial charge in [0.1, 0.15) is 11.3 Å². The van der Waals surface area contributed by atoms with Crippen molar-refractivity contribution in [1.82, 2.24) is 19.5 Å². The maximum Gasteiger partial charge on any atom is 0.274 e. The number of fused-ring (bicyclic) bond motifs is 1. The molecule has 29 heavy (non-hydrogen) atoms. The molecule has 4 heterocycles. The van der Waals surface area contributed by atoms with Crippen molar-refractivity contribution in [2.45, 2.75) is 13.3 Å². The van der Waals surface area contributed by atoms with Crippen LogP contribution in [0.1, 0.15) is 21.9 Å². The number of rotatable bonds is 5. The molecule has 0 radical (unpaired) electrons. The van der Waals surface area contributed by atoms with E-state index >= 15 is 0 Å². The molecule has 1 aliphatic rings. The third kappa shape index (κ3) is 3.38. The molecule has 8 nitrogen and oxygen atoms in total.